The number of aryl methyl sites for hydroxylation is 2. The lowest BCUT2D eigenvalue weighted by molar-refractivity contribution is 0.646. The molecule has 0 bridgehead atoms. The molecular weight excluding hydrogens is 370 g/mol. The fourth-order valence-electron chi connectivity index (χ4n) is 3.50. The molecule has 2 aromatic carbocycles. The summed E-state index contributed by atoms with van der Waals surface area (Å²) in [7, 11) is 0. The van der Waals surface area contributed by atoms with Gasteiger partial charge in [-0.3, -0.25) is 0 Å². The van der Waals surface area contributed by atoms with Crippen molar-refractivity contribution >= 4 is 34.6 Å². The molecule has 0 radical (unpaired) electrons. The molecule has 0 aliphatic carbocycles. The standard InChI is InChI=1S/C22H24ClN5/c1-16-6-3-4-9-20(16)26-21-15-22(25-17(2)24-21)28-12-10-27(11-13-28)19-8-5-7-18(23)14-19/h3-9,14-15H,10-13H2,1-2H3,(H,24,25,26). The summed E-state index contributed by atoms with van der Waals surface area (Å²) in [5.41, 5.74) is 3.43. The molecule has 1 aliphatic rings. The molecule has 1 aliphatic heterocycles. The van der Waals surface area contributed by atoms with E-state index in [4.69, 9.17) is 11.6 Å². The third-order valence-corrected chi connectivity index (χ3v) is 5.24. The number of para-hydroxylation sites is 1. The van der Waals surface area contributed by atoms with E-state index in [1.165, 1.54) is 11.3 Å². The summed E-state index contributed by atoms with van der Waals surface area (Å²) < 4.78 is 0. The van der Waals surface area contributed by atoms with Gasteiger partial charge in [0.25, 0.3) is 0 Å². The zero-order valence-electron chi connectivity index (χ0n) is 16.2. The van der Waals surface area contributed by atoms with Crippen LogP contribution in [0.5, 0.6) is 0 Å². The number of hydrogen-bond donors (Lipinski definition) is 1. The van der Waals surface area contributed by atoms with Crippen molar-refractivity contribution in [2.45, 2.75) is 13.8 Å². The van der Waals surface area contributed by atoms with E-state index in [0.29, 0.717) is 0 Å². The summed E-state index contributed by atoms with van der Waals surface area (Å²) in [5, 5.41) is 4.21. The fraction of sp³-hybridized carbons (Fsp3) is 0.273. The Morgan fingerprint density at radius 3 is 2.36 bits per heavy atom. The van der Waals surface area contributed by atoms with E-state index in [9.17, 15) is 0 Å². The van der Waals surface area contributed by atoms with Gasteiger partial charge in [0.05, 0.1) is 0 Å². The molecule has 1 aromatic heterocycles. The SMILES string of the molecule is Cc1nc(Nc2ccccc2C)cc(N2CCN(c3cccc(Cl)c3)CC2)n1. The summed E-state index contributed by atoms with van der Waals surface area (Å²) in [6, 6.07) is 18.3. The molecule has 1 N–H and O–H groups in total. The first-order chi connectivity index (χ1) is 13.6. The van der Waals surface area contributed by atoms with Crippen LogP contribution >= 0.6 is 11.6 Å². The van der Waals surface area contributed by atoms with Crippen molar-refractivity contribution in [2.75, 3.05) is 41.3 Å². The molecule has 1 fully saturated rings. The van der Waals surface area contributed by atoms with Crippen LogP contribution in [-0.2, 0) is 0 Å². The number of anilines is 4. The van der Waals surface area contributed by atoms with Crippen LogP contribution in [0, 0.1) is 13.8 Å². The molecule has 0 atom stereocenters. The number of benzene rings is 2. The van der Waals surface area contributed by atoms with Crippen molar-refractivity contribution in [2.24, 2.45) is 0 Å². The molecule has 0 saturated carbocycles. The van der Waals surface area contributed by atoms with Gasteiger partial charge in [-0.2, -0.15) is 0 Å². The van der Waals surface area contributed by atoms with Crippen LogP contribution in [-0.4, -0.2) is 36.1 Å². The minimum Gasteiger partial charge on any atom is -0.368 e. The molecule has 4 rings (SSSR count). The first kappa shape index (κ1) is 18.6. The van der Waals surface area contributed by atoms with Crippen LogP contribution < -0.4 is 15.1 Å². The normalized spacial score (nSPS) is 14.2. The van der Waals surface area contributed by atoms with Gasteiger partial charge in [-0.15, -0.1) is 0 Å². The van der Waals surface area contributed by atoms with E-state index in [1.807, 2.05) is 43.3 Å². The number of nitrogens with zero attached hydrogens (tertiary/aromatic N) is 4. The Balaban J connectivity index is 1.48. The predicted octanol–water partition coefficient (Wildman–Crippen LogP) is 4.82. The van der Waals surface area contributed by atoms with Crippen LogP contribution in [0.15, 0.2) is 54.6 Å². The average molecular weight is 394 g/mol. The molecule has 0 spiro atoms. The van der Waals surface area contributed by atoms with E-state index in [0.717, 1.165) is 54.3 Å². The first-order valence-electron chi connectivity index (χ1n) is 9.52. The van der Waals surface area contributed by atoms with Crippen molar-refractivity contribution in [3.63, 3.8) is 0 Å². The first-order valence-corrected chi connectivity index (χ1v) is 9.90. The highest BCUT2D eigenvalue weighted by Gasteiger charge is 2.19. The van der Waals surface area contributed by atoms with Gasteiger partial charge in [-0.1, -0.05) is 35.9 Å². The Bertz CT molecular complexity index is 967. The van der Waals surface area contributed by atoms with E-state index in [1.54, 1.807) is 0 Å². The maximum Gasteiger partial charge on any atom is 0.136 e. The van der Waals surface area contributed by atoms with Gasteiger partial charge in [-0.25, -0.2) is 9.97 Å². The number of piperazine rings is 1. The molecule has 0 amide bonds. The van der Waals surface area contributed by atoms with Crippen molar-refractivity contribution in [1.82, 2.24) is 9.97 Å². The van der Waals surface area contributed by atoms with Crippen LogP contribution in [0.3, 0.4) is 0 Å². The van der Waals surface area contributed by atoms with E-state index >= 15 is 0 Å². The number of halogens is 1. The molecule has 1 saturated heterocycles. The maximum atomic E-state index is 6.14. The quantitative estimate of drug-likeness (QED) is 0.688. The topological polar surface area (TPSA) is 44.3 Å². The zero-order valence-corrected chi connectivity index (χ0v) is 16.9. The predicted molar refractivity (Wildman–Crippen MR) is 117 cm³/mol. The van der Waals surface area contributed by atoms with Gasteiger partial charge < -0.3 is 15.1 Å². The van der Waals surface area contributed by atoms with Gasteiger partial charge in [-0.05, 0) is 43.7 Å². The lowest BCUT2D eigenvalue weighted by Gasteiger charge is -2.37. The molecule has 6 heteroatoms. The van der Waals surface area contributed by atoms with Gasteiger partial charge in [0.2, 0.25) is 0 Å². The Morgan fingerprint density at radius 2 is 1.61 bits per heavy atom. The average Bonchev–Trinajstić information content (AvgIpc) is 2.69. The molecule has 144 valence electrons. The Labute approximate surface area is 171 Å². The highest BCUT2D eigenvalue weighted by Crippen LogP contribution is 2.25. The van der Waals surface area contributed by atoms with Crippen LogP contribution in [0.25, 0.3) is 0 Å². The molecule has 3 aromatic rings. The number of aromatic nitrogens is 2. The maximum absolute atomic E-state index is 6.14. The van der Waals surface area contributed by atoms with Crippen molar-refractivity contribution in [3.05, 3.63) is 71.0 Å². The van der Waals surface area contributed by atoms with E-state index < -0.39 is 0 Å². The largest absolute Gasteiger partial charge is 0.368 e. The second-order valence-electron chi connectivity index (χ2n) is 7.05. The lowest BCUT2D eigenvalue weighted by Crippen LogP contribution is -2.46. The second-order valence-corrected chi connectivity index (χ2v) is 7.49. The van der Waals surface area contributed by atoms with E-state index in [-0.39, 0.29) is 0 Å². The second kappa shape index (κ2) is 8.07. The highest BCUT2D eigenvalue weighted by atomic mass is 35.5. The smallest absolute Gasteiger partial charge is 0.136 e. The molecule has 5 nitrogen and oxygen atoms in total. The minimum absolute atomic E-state index is 0.769. The molecular formula is C22H24ClN5. The monoisotopic (exact) mass is 393 g/mol. The Hall–Kier alpha value is -2.79. The number of nitrogens with one attached hydrogen (secondary N) is 1. The third kappa shape index (κ3) is 4.20. The van der Waals surface area contributed by atoms with Gasteiger partial charge in [0.1, 0.15) is 17.5 Å². The van der Waals surface area contributed by atoms with Crippen molar-refractivity contribution in [3.8, 4) is 0 Å². The third-order valence-electron chi connectivity index (χ3n) is 5.01. The summed E-state index contributed by atoms with van der Waals surface area (Å²) >= 11 is 6.14. The van der Waals surface area contributed by atoms with Crippen LogP contribution in [0.1, 0.15) is 11.4 Å². The summed E-state index contributed by atoms with van der Waals surface area (Å²) in [4.78, 5) is 13.9. The fourth-order valence-corrected chi connectivity index (χ4v) is 3.68. The van der Waals surface area contributed by atoms with Gasteiger partial charge in [0.15, 0.2) is 0 Å². The van der Waals surface area contributed by atoms with E-state index in [2.05, 4.69) is 50.2 Å². The Morgan fingerprint density at radius 1 is 0.857 bits per heavy atom. The molecule has 28 heavy (non-hydrogen) atoms. The summed E-state index contributed by atoms with van der Waals surface area (Å²) in [6.45, 7) is 7.72. The zero-order chi connectivity index (χ0) is 19.5. The summed E-state index contributed by atoms with van der Waals surface area (Å²) in [5.74, 6) is 2.56. The molecule has 0 unspecified atom stereocenters. The number of hydrogen-bond acceptors (Lipinski definition) is 5. The van der Waals surface area contributed by atoms with Gasteiger partial charge >= 0.3 is 0 Å². The molecule has 2 heterocycles. The van der Waals surface area contributed by atoms with Crippen LogP contribution in [0.4, 0.5) is 23.0 Å². The van der Waals surface area contributed by atoms with Crippen molar-refractivity contribution in [1.29, 1.82) is 0 Å². The Kier molecular flexibility index (Phi) is 5.35. The lowest BCUT2D eigenvalue weighted by atomic mass is 10.2. The van der Waals surface area contributed by atoms with Gasteiger partial charge in [0, 0.05) is 48.6 Å². The number of rotatable bonds is 4. The minimum atomic E-state index is 0.769. The summed E-state index contributed by atoms with van der Waals surface area (Å²) in [6.07, 6.45) is 0. The highest BCUT2D eigenvalue weighted by molar-refractivity contribution is 6.30. The van der Waals surface area contributed by atoms with Crippen molar-refractivity contribution < 1.29 is 0 Å². The van der Waals surface area contributed by atoms with Crippen LogP contribution in [0.2, 0.25) is 5.02 Å².